The van der Waals surface area contributed by atoms with Crippen LogP contribution in [0.5, 0.6) is 0 Å². The molecular weight excluding hydrogens is 376 g/mol. The van der Waals surface area contributed by atoms with Crippen molar-refractivity contribution >= 4 is 23.5 Å². The molecule has 2 aromatic rings. The van der Waals surface area contributed by atoms with Gasteiger partial charge in [-0.15, -0.1) is 0 Å². The van der Waals surface area contributed by atoms with E-state index in [1.807, 2.05) is 0 Å². The third-order valence-corrected chi connectivity index (χ3v) is 4.04. The van der Waals surface area contributed by atoms with Gasteiger partial charge in [0.2, 0.25) is 0 Å². The van der Waals surface area contributed by atoms with Gasteiger partial charge in [0, 0.05) is 19.2 Å². The molecule has 1 fully saturated rings. The lowest BCUT2D eigenvalue weighted by molar-refractivity contribution is -0.0231. The summed E-state index contributed by atoms with van der Waals surface area (Å²) in [5.41, 5.74) is -0.826. The first-order chi connectivity index (χ1) is 12.9. The Hall–Kier alpha value is -2.98. The van der Waals surface area contributed by atoms with Crippen LogP contribution in [0.2, 0.25) is 0 Å². The zero-order valence-corrected chi connectivity index (χ0v) is 15.6. The van der Waals surface area contributed by atoms with Gasteiger partial charge in [-0.2, -0.15) is 5.10 Å². The van der Waals surface area contributed by atoms with Crippen molar-refractivity contribution in [1.82, 2.24) is 19.9 Å². The van der Waals surface area contributed by atoms with Crippen LogP contribution in [-0.2, 0) is 4.74 Å². The molecule has 2 aromatic heterocycles. The summed E-state index contributed by atoms with van der Waals surface area (Å²) in [6.45, 7) is 4.52. The average molecular weight is 397 g/mol. The highest BCUT2D eigenvalue weighted by Crippen LogP contribution is 2.30. The number of rotatable bonds is 3. The third kappa shape index (κ3) is 4.46. The van der Waals surface area contributed by atoms with Gasteiger partial charge >= 0.3 is 12.1 Å². The van der Waals surface area contributed by atoms with Crippen LogP contribution in [0.3, 0.4) is 0 Å². The molecule has 28 heavy (non-hydrogen) atoms. The van der Waals surface area contributed by atoms with Crippen LogP contribution < -0.4 is 10.2 Å². The van der Waals surface area contributed by atoms with E-state index < -0.39 is 42.6 Å². The molecule has 11 heteroatoms. The Kier molecular flexibility index (Phi) is 4.86. The Balaban J connectivity index is 1.83. The summed E-state index contributed by atoms with van der Waals surface area (Å²) in [5.74, 6) is -4.11. The quantitative estimate of drug-likeness (QED) is 0.817. The van der Waals surface area contributed by atoms with Crippen molar-refractivity contribution in [3.63, 3.8) is 0 Å². The van der Waals surface area contributed by atoms with Crippen LogP contribution in [0.25, 0.3) is 5.65 Å². The number of piperidine rings is 1. The summed E-state index contributed by atoms with van der Waals surface area (Å²) in [6.07, 6.45) is 1.29. The molecule has 3 heterocycles. The van der Waals surface area contributed by atoms with Gasteiger partial charge in [-0.3, -0.25) is 0 Å². The average Bonchev–Trinajstić information content (AvgIpc) is 2.94. The van der Waals surface area contributed by atoms with Gasteiger partial charge in [0.15, 0.2) is 5.65 Å². The molecule has 2 N–H and O–H groups in total. The van der Waals surface area contributed by atoms with E-state index in [1.54, 1.807) is 20.8 Å². The fourth-order valence-electron chi connectivity index (χ4n) is 3.03. The molecule has 0 radical (unpaired) electrons. The first-order valence-corrected chi connectivity index (χ1v) is 8.63. The summed E-state index contributed by atoms with van der Waals surface area (Å²) in [4.78, 5) is 28.7. The molecule has 0 aliphatic carbocycles. The van der Waals surface area contributed by atoms with Crippen LogP contribution in [0.4, 0.5) is 19.4 Å². The molecule has 1 amide bonds. The van der Waals surface area contributed by atoms with Crippen molar-refractivity contribution in [2.24, 2.45) is 0 Å². The highest BCUT2D eigenvalue weighted by Gasteiger charge is 2.42. The Morgan fingerprint density at radius 1 is 1.39 bits per heavy atom. The molecule has 0 saturated carbocycles. The number of ether oxygens (including phenoxy) is 1. The van der Waals surface area contributed by atoms with Gasteiger partial charge in [0.25, 0.3) is 5.92 Å². The fourth-order valence-corrected chi connectivity index (χ4v) is 3.03. The summed E-state index contributed by atoms with van der Waals surface area (Å²) >= 11 is 0. The molecule has 1 aliphatic heterocycles. The smallest absolute Gasteiger partial charge is 0.407 e. The van der Waals surface area contributed by atoms with E-state index in [1.165, 1.54) is 21.7 Å². The number of alkyl carbamates (subject to hydrolysis) is 1. The monoisotopic (exact) mass is 397 g/mol. The Morgan fingerprint density at radius 2 is 2.11 bits per heavy atom. The second-order valence-electron chi connectivity index (χ2n) is 7.70. The van der Waals surface area contributed by atoms with Crippen molar-refractivity contribution in [1.29, 1.82) is 0 Å². The number of carboxylic acid groups (broad SMARTS) is 1. The van der Waals surface area contributed by atoms with Gasteiger partial charge < -0.3 is 20.1 Å². The minimum absolute atomic E-state index is 0.0514. The molecule has 0 spiro atoms. The predicted molar refractivity (Wildman–Crippen MR) is 94.9 cm³/mol. The topological polar surface area (TPSA) is 109 Å². The molecule has 1 saturated heterocycles. The standard InChI is InChI=1S/C17H21F2N5O4/c1-16(2,3)28-15(27)21-10-6-17(18,19)9-23(8-10)12-4-5-24-13(22-12)11(7-20-24)14(25)26/h4-5,7,10H,6,8-9H2,1-3H3,(H,21,27)(H,25,26)/t10-/m1/s1. The lowest BCUT2D eigenvalue weighted by Crippen LogP contribution is -2.56. The van der Waals surface area contributed by atoms with Gasteiger partial charge in [0.05, 0.1) is 18.8 Å². The second kappa shape index (κ2) is 6.88. The normalized spacial score (nSPS) is 19.5. The Bertz CT molecular complexity index is 909. The van der Waals surface area contributed by atoms with E-state index >= 15 is 0 Å². The molecule has 1 atom stereocenters. The van der Waals surface area contributed by atoms with E-state index in [0.29, 0.717) is 0 Å². The van der Waals surface area contributed by atoms with E-state index in [4.69, 9.17) is 4.74 Å². The molecule has 1 aliphatic rings. The fraction of sp³-hybridized carbons (Fsp3) is 0.529. The zero-order chi connectivity index (χ0) is 20.7. The zero-order valence-electron chi connectivity index (χ0n) is 15.6. The Labute approximate surface area is 159 Å². The van der Waals surface area contributed by atoms with Crippen LogP contribution in [0.15, 0.2) is 18.5 Å². The van der Waals surface area contributed by atoms with E-state index in [-0.39, 0.29) is 23.6 Å². The number of amides is 1. The number of carboxylic acids is 1. The first-order valence-electron chi connectivity index (χ1n) is 8.63. The maximum Gasteiger partial charge on any atom is 0.407 e. The maximum atomic E-state index is 14.3. The van der Waals surface area contributed by atoms with Gasteiger partial charge in [-0.25, -0.2) is 27.9 Å². The summed E-state index contributed by atoms with van der Waals surface area (Å²) in [5, 5.41) is 15.5. The van der Waals surface area contributed by atoms with Crippen molar-refractivity contribution < 1.29 is 28.2 Å². The number of hydrogen-bond acceptors (Lipinski definition) is 6. The number of aromatic nitrogens is 3. The van der Waals surface area contributed by atoms with Crippen molar-refractivity contribution in [3.05, 3.63) is 24.0 Å². The predicted octanol–water partition coefficient (Wildman–Crippen LogP) is 2.17. The number of nitrogens with one attached hydrogen (secondary N) is 1. The third-order valence-electron chi connectivity index (χ3n) is 4.04. The molecule has 0 aromatic carbocycles. The minimum atomic E-state index is -3.07. The van der Waals surface area contributed by atoms with E-state index in [2.05, 4.69) is 15.4 Å². The molecule has 3 rings (SSSR count). The lowest BCUT2D eigenvalue weighted by atomic mass is 10.0. The molecule has 0 unspecified atom stereocenters. The van der Waals surface area contributed by atoms with Crippen LogP contribution in [-0.4, -0.2) is 62.4 Å². The number of nitrogens with zero attached hydrogens (tertiary/aromatic N) is 4. The van der Waals surface area contributed by atoms with Crippen molar-refractivity contribution in [3.8, 4) is 0 Å². The molecule has 0 bridgehead atoms. The number of hydrogen-bond donors (Lipinski definition) is 2. The maximum absolute atomic E-state index is 14.3. The van der Waals surface area contributed by atoms with Crippen LogP contribution in [0, 0.1) is 0 Å². The number of halogens is 2. The number of carbonyl (C=O) groups excluding carboxylic acids is 1. The van der Waals surface area contributed by atoms with Gasteiger partial charge in [-0.1, -0.05) is 0 Å². The minimum Gasteiger partial charge on any atom is -0.477 e. The molecule has 9 nitrogen and oxygen atoms in total. The first kappa shape index (κ1) is 19.8. The highest BCUT2D eigenvalue weighted by atomic mass is 19.3. The number of alkyl halides is 2. The summed E-state index contributed by atoms with van der Waals surface area (Å²) in [6, 6.07) is 0.609. The Morgan fingerprint density at radius 3 is 2.75 bits per heavy atom. The summed E-state index contributed by atoms with van der Waals surface area (Å²) in [7, 11) is 0. The summed E-state index contributed by atoms with van der Waals surface area (Å²) < 4.78 is 34.9. The van der Waals surface area contributed by atoms with E-state index in [0.717, 1.165) is 6.20 Å². The van der Waals surface area contributed by atoms with Crippen molar-refractivity contribution in [2.45, 2.75) is 44.8 Å². The number of carbonyl (C=O) groups is 2. The van der Waals surface area contributed by atoms with Crippen LogP contribution >= 0.6 is 0 Å². The highest BCUT2D eigenvalue weighted by molar-refractivity contribution is 5.94. The van der Waals surface area contributed by atoms with E-state index in [9.17, 15) is 23.5 Å². The molecule has 152 valence electrons. The number of fused-ring (bicyclic) bond motifs is 1. The van der Waals surface area contributed by atoms with Crippen LogP contribution in [0.1, 0.15) is 37.6 Å². The number of aromatic carboxylic acids is 1. The second-order valence-corrected chi connectivity index (χ2v) is 7.70. The lowest BCUT2D eigenvalue weighted by Gasteiger charge is -2.38. The van der Waals surface area contributed by atoms with Gasteiger partial charge in [-0.05, 0) is 26.8 Å². The molecular formula is C17H21F2N5O4. The van der Waals surface area contributed by atoms with Gasteiger partial charge in [0.1, 0.15) is 17.0 Å². The number of anilines is 1. The van der Waals surface area contributed by atoms with Crippen molar-refractivity contribution in [2.75, 3.05) is 18.0 Å². The SMILES string of the molecule is CC(C)(C)OC(=O)N[C@H]1CN(c2ccn3ncc(C(=O)O)c3n2)CC(F)(F)C1. The largest absolute Gasteiger partial charge is 0.477 e.